The van der Waals surface area contributed by atoms with Crippen molar-refractivity contribution in [1.82, 2.24) is 0 Å². The van der Waals surface area contributed by atoms with Crippen LogP contribution in [0.1, 0.15) is 62.3 Å². The molecule has 0 atom stereocenters. The summed E-state index contributed by atoms with van der Waals surface area (Å²) in [5.41, 5.74) is -0.982. The first kappa shape index (κ1) is 23.2. The fraction of sp³-hybridized carbons (Fsp3) is 0.308. The van der Waals surface area contributed by atoms with Gasteiger partial charge in [-0.05, 0) is 65.8 Å². The Balaban J connectivity index is 1.93. The molecule has 0 N–H and O–H groups in total. The smallest absolute Gasteiger partial charge is 0.335 e. The van der Waals surface area contributed by atoms with Crippen LogP contribution in [0.5, 0.6) is 0 Å². The Morgan fingerprint density at radius 1 is 0.618 bits per heavy atom. The number of fused-ring (bicyclic) bond motifs is 2. The van der Waals surface area contributed by atoms with E-state index in [1.54, 1.807) is 90.1 Å². The van der Waals surface area contributed by atoms with E-state index in [0.717, 1.165) is 10.1 Å². The quantitative estimate of drug-likeness (QED) is 0.597. The van der Waals surface area contributed by atoms with E-state index in [1.165, 1.54) is 0 Å². The van der Waals surface area contributed by atoms with Crippen molar-refractivity contribution >= 4 is 34.9 Å². The molecule has 0 fully saturated rings. The number of anilines is 2. The topological polar surface area (TPSA) is 93.2 Å². The fourth-order valence-electron chi connectivity index (χ4n) is 3.40. The second kappa shape index (κ2) is 7.83. The standard InChI is InChI=1S/C26H26N2O6/c1-25(2,3)23(31)33-27-17-13-9-7-11-15(17)21(29)19(27)20-22(30)16-12-8-10-14-18(16)28(20)34-24(32)26(4,5)6/h7-14H,1-6H3. The summed E-state index contributed by atoms with van der Waals surface area (Å²) in [6, 6.07) is 13.2. The van der Waals surface area contributed by atoms with Crippen LogP contribution >= 0.6 is 0 Å². The lowest BCUT2D eigenvalue weighted by atomic mass is 9.98. The number of hydroxylamine groups is 2. The molecule has 2 aromatic carbocycles. The number of allylic oxidation sites excluding steroid dienone is 2. The van der Waals surface area contributed by atoms with Crippen LogP contribution in [-0.4, -0.2) is 23.5 Å². The first-order valence-corrected chi connectivity index (χ1v) is 10.9. The molecule has 176 valence electrons. The minimum Gasteiger partial charge on any atom is -0.335 e. The van der Waals surface area contributed by atoms with Crippen molar-refractivity contribution in [2.45, 2.75) is 41.5 Å². The first-order chi connectivity index (χ1) is 15.8. The van der Waals surface area contributed by atoms with Gasteiger partial charge in [-0.3, -0.25) is 9.59 Å². The van der Waals surface area contributed by atoms with Gasteiger partial charge < -0.3 is 9.68 Å². The maximum atomic E-state index is 13.5. The van der Waals surface area contributed by atoms with Gasteiger partial charge in [0.2, 0.25) is 11.6 Å². The Kier molecular flexibility index (Phi) is 5.35. The lowest BCUT2D eigenvalue weighted by Gasteiger charge is -2.28. The average Bonchev–Trinajstić information content (AvgIpc) is 3.18. The fourth-order valence-corrected chi connectivity index (χ4v) is 3.40. The van der Waals surface area contributed by atoms with E-state index >= 15 is 0 Å². The van der Waals surface area contributed by atoms with Crippen molar-refractivity contribution in [3.63, 3.8) is 0 Å². The van der Waals surface area contributed by atoms with E-state index in [1.807, 2.05) is 0 Å². The zero-order chi connectivity index (χ0) is 25.0. The van der Waals surface area contributed by atoms with E-state index in [-0.39, 0.29) is 22.5 Å². The highest BCUT2D eigenvalue weighted by atomic mass is 16.7. The normalized spacial score (nSPS) is 17.6. The predicted octanol–water partition coefficient (Wildman–Crippen LogP) is 4.61. The van der Waals surface area contributed by atoms with Gasteiger partial charge >= 0.3 is 11.9 Å². The largest absolute Gasteiger partial charge is 0.338 e. The van der Waals surface area contributed by atoms with Gasteiger partial charge in [0.15, 0.2) is 11.4 Å². The highest BCUT2D eigenvalue weighted by molar-refractivity contribution is 6.27. The number of Topliss-reactive ketones (excluding diaryl/α,β-unsaturated/α-hetero) is 2. The number of nitrogens with zero attached hydrogens (tertiary/aromatic N) is 2. The molecule has 2 heterocycles. The van der Waals surface area contributed by atoms with E-state index in [2.05, 4.69) is 0 Å². The molecule has 4 rings (SSSR count). The Labute approximate surface area is 197 Å². The van der Waals surface area contributed by atoms with Crippen molar-refractivity contribution in [3.8, 4) is 0 Å². The highest BCUT2D eigenvalue weighted by Gasteiger charge is 2.47. The Morgan fingerprint density at radius 2 is 0.941 bits per heavy atom. The highest BCUT2D eigenvalue weighted by Crippen LogP contribution is 2.43. The van der Waals surface area contributed by atoms with Gasteiger partial charge in [0.25, 0.3) is 0 Å². The molecule has 0 radical (unpaired) electrons. The number of ketones is 2. The van der Waals surface area contributed by atoms with Crippen LogP contribution in [0.15, 0.2) is 59.9 Å². The van der Waals surface area contributed by atoms with Crippen molar-refractivity contribution in [2.24, 2.45) is 10.8 Å². The van der Waals surface area contributed by atoms with Gasteiger partial charge in [-0.1, -0.05) is 24.3 Å². The number of carbonyl (C=O) groups excluding carboxylic acids is 4. The van der Waals surface area contributed by atoms with E-state index in [9.17, 15) is 19.2 Å². The third-order valence-electron chi connectivity index (χ3n) is 5.37. The van der Waals surface area contributed by atoms with Gasteiger partial charge in [0, 0.05) is 0 Å². The van der Waals surface area contributed by atoms with E-state index < -0.39 is 34.3 Å². The second-order valence-corrected chi connectivity index (χ2v) is 10.2. The third kappa shape index (κ3) is 3.75. The molecular formula is C26H26N2O6. The van der Waals surface area contributed by atoms with Gasteiger partial charge in [-0.15, -0.1) is 0 Å². The molecule has 0 unspecified atom stereocenters. The number of carbonyl (C=O) groups is 4. The summed E-state index contributed by atoms with van der Waals surface area (Å²) in [7, 11) is 0. The first-order valence-electron chi connectivity index (χ1n) is 10.9. The van der Waals surface area contributed by atoms with Crippen molar-refractivity contribution in [2.75, 3.05) is 10.1 Å². The molecule has 8 nitrogen and oxygen atoms in total. The van der Waals surface area contributed by atoms with E-state index in [0.29, 0.717) is 11.4 Å². The SMILES string of the molecule is CC(C)(C)C(=O)ON1C(=C2C(=O)c3ccccc3N2OC(=O)C(C)(C)C)C(=O)c2ccccc21. The van der Waals surface area contributed by atoms with Crippen LogP contribution in [0.2, 0.25) is 0 Å². The van der Waals surface area contributed by atoms with Crippen LogP contribution in [-0.2, 0) is 19.3 Å². The minimum absolute atomic E-state index is 0.193. The molecule has 0 aliphatic carbocycles. The van der Waals surface area contributed by atoms with Crippen molar-refractivity contribution in [1.29, 1.82) is 0 Å². The molecule has 2 aliphatic rings. The number of hydrogen-bond donors (Lipinski definition) is 0. The molecule has 34 heavy (non-hydrogen) atoms. The number of hydrogen-bond acceptors (Lipinski definition) is 8. The summed E-state index contributed by atoms with van der Waals surface area (Å²) < 4.78 is 0. The van der Waals surface area contributed by atoms with Gasteiger partial charge in [0.1, 0.15) is 0 Å². The Bertz CT molecular complexity index is 1170. The van der Waals surface area contributed by atoms with Crippen molar-refractivity contribution in [3.05, 3.63) is 71.1 Å². The zero-order valence-electron chi connectivity index (χ0n) is 20.0. The van der Waals surface area contributed by atoms with Crippen LogP contribution in [0.25, 0.3) is 0 Å². The van der Waals surface area contributed by atoms with Crippen molar-refractivity contribution < 1.29 is 28.9 Å². The molecular weight excluding hydrogens is 436 g/mol. The summed E-state index contributed by atoms with van der Waals surface area (Å²) >= 11 is 0. The summed E-state index contributed by atoms with van der Waals surface area (Å²) in [5, 5.41) is 2.14. The molecule has 0 aromatic heterocycles. The van der Waals surface area contributed by atoms with Crippen LogP contribution in [0.3, 0.4) is 0 Å². The summed E-state index contributed by atoms with van der Waals surface area (Å²) in [5.74, 6) is -2.25. The van der Waals surface area contributed by atoms with Gasteiger partial charge in [-0.25, -0.2) is 9.59 Å². The average molecular weight is 463 g/mol. The molecule has 8 heteroatoms. The number of benzene rings is 2. The second-order valence-electron chi connectivity index (χ2n) is 10.2. The predicted molar refractivity (Wildman–Crippen MR) is 125 cm³/mol. The van der Waals surface area contributed by atoms with Crippen LogP contribution in [0, 0.1) is 10.8 Å². The molecule has 0 bridgehead atoms. The summed E-state index contributed by atoms with van der Waals surface area (Å²) in [6.45, 7) is 10.1. The Morgan fingerprint density at radius 3 is 1.26 bits per heavy atom. The molecule has 0 saturated heterocycles. The molecule has 0 amide bonds. The van der Waals surface area contributed by atoms with Crippen LogP contribution < -0.4 is 10.1 Å². The minimum atomic E-state index is -0.878. The summed E-state index contributed by atoms with van der Waals surface area (Å²) in [6.07, 6.45) is 0. The van der Waals surface area contributed by atoms with Gasteiger partial charge in [-0.2, -0.15) is 10.1 Å². The lowest BCUT2D eigenvalue weighted by molar-refractivity contribution is -0.154. The molecule has 0 spiro atoms. The van der Waals surface area contributed by atoms with Gasteiger partial charge in [0.05, 0.1) is 33.3 Å². The maximum absolute atomic E-state index is 13.5. The summed E-state index contributed by atoms with van der Waals surface area (Å²) in [4.78, 5) is 64.0. The zero-order valence-corrected chi connectivity index (χ0v) is 20.0. The number of para-hydroxylation sites is 2. The third-order valence-corrected chi connectivity index (χ3v) is 5.37. The monoisotopic (exact) mass is 462 g/mol. The Hall–Kier alpha value is -3.94. The number of rotatable bonds is 2. The van der Waals surface area contributed by atoms with Crippen LogP contribution in [0.4, 0.5) is 11.4 Å². The lowest BCUT2D eigenvalue weighted by Crippen LogP contribution is -2.37. The molecule has 2 aliphatic heterocycles. The maximum Gasteiger partial charge on any atom is 0.338 e. The molecule has 0 saturated carbocycles. The molecule has 2 aromatic rings. The van der Waals surface area contributed by atoms with E-state index in [4.69, 9.17) is 9.68 Å².